The lowest BCUT2D eigenvalue weighted by atomic mass is 10.2. The third kappa shape index (κ3) is 1.78. The first-order valence-corrected chi connectivity index (χ1v) is 5.69. The average Bonchev–Trinajstić information content (AvgIpc) is 2.74. The van der Waals surface area contributed by atoms with Crippen molar-refractivity contribution in [3.05, 3.63) is 53.4 Å². The van der Waals surface area contributed by atoms with Crippen LogP contribution in [0.25, 0.3) is 16.6 Å². The molecule has 0 unspecified atom stereocenters. The van der Waals surface area contributed by atoms with E-state index in [-0.39, 0.29) is 0 Å². The van der Waals surface area contributed by atoms with Gasteiger partial charge in [0.25, 0.3) is 0 Å². The highest BCUT2D eigenvalue weighted by molar-refractivity contribution is 6.31. The quantitative estimate of drug-likeness (QED) is 0.656. The first kappa shape index (κ1) is 10.3. The zero-order chi connectivity index (χ0) is 11.8. The number of nitrogens with zero attached hydrogens (tertiary/aromatic N) is 3. The van der Waals surface area contributed by atoms with E-state index in [0.717, 1.165) is 22.3 Å². The lowest BCUT2D eigenvalue weighted by Crippen LogP contribution is -1.97. The Morgan fingerprint density at radius 2 is 2.06 bits per heavy atom. The molecular formula is C13H10ClN3. The maximum Gasteiger partial charge on any atom is 0.0755 e. The highest BCUT2D eigenvalue weighted by atomic mass is 35.5. The lowest BCUT2D eigenvalue weighted by molar-refractivity contribution is 0.868. The van der Waals surface area contributed by atoms with E-state index >= 15 is 0 Å². The number of fused-ring (bicyclic) bond motifs is 1. The Labute approximate surface area is 104 Å². The molecule has 0 fully saturated rings. The second kappa shape index (κ2) is 3.86. The van der Waals surface area contributed by atoms with Crippen molar-refractivity contribution >= 4 is 22.5 Å². The van der Waals surface area contributed by atoms with Crippen LogP contribution >= 0.6 is 11.6 Å². The molecule has 84 valence electrons. The van der Waals surface area contributed by atoms with Crippen molar-refractivity contribution < 1.29 is 0 Å². The molecule has 4 heteroatoms. The SMILES string of the molecule is Cc1ccn(-c2ccnc3cc(Cl)ccc23)n1. The number of hydrogen-bond donors (Lipinski definition) is 0. The maximum absolute atomic E-state index is 5.96. The van der Waals surface area contributed by atoms with Gasteiger partial charge >= 0.3 is 0 Å². The fourth-order valence-corrected chi connectivity index (χ4v) is 2.02. The normalized spacial score (nSPS) is 10.9. The summed E-state index contributed by atoms with van der Waals surface area (Å²) in [6, 6.07) is 9.62. The average molecular weight is 244 g/mol. The predicted molar refractivity (Wildman–Crippen MR) is 68.6 cm³/mol. The summed E-state index contributed by atoms with van der Waals surface area (Å²) in [6.45, 7) is 1.97. The fraction of sp³-hybridized carbons (Fsp3) is 0.0769. The van der Waals surface area contributed by atoms with Gasteiger partial charge in [-0.25, -0.2) is 4.68 Å². The van der Waals surface area contributed by atoms with Crippen LogP contribution in [0, 0.1) is 6.92 Å². The molecule has 0 saturated heterocycles. The minimum atomic E-state index is 0.693. The van der Waals surface area contributed by atoms with Crippen molar-refractivity contribution in [3.63, 3.8) is 0 Å². The molecule has 0 aliphatic heterocycles. The van der Waals surface area contributed by atoms with Gasteiger partial charge in [0.15, 0.2) is 0 Å². The second-order valence-electron chi connectivity index (χ2n) is 3.89. The third-order valence-electron chi connectivity index (χ3n) is 2.65. The van der Waals surface area contributed by atoms with Crippen LogP contribution < -0.4 is 0 Å². The predicted octanol–water partition coefficient (Wildman–Crippen LogP) is 3.38. The molecule has 0 aliphatic rings. The minimum Gasteiger partial charge on any atom is -0.256 e. The number of halogens is 1. The highest BCUT2D eigenvalue weighted by Crippen LogP contribution is 2.23. The molecule has 0 aliphatic carbocycles. The molecule has 0 atom stereocenters. The number of aryl methyl sites for hydroxylation is 1. The van der Waals surface area contributed by atoms with Gasteiger partial charge in [-0.2, -0.15) is 5.10 Å². The van der Waals surface area contributed by atoms with E-state index in [1.165, 1.54) is 0 Å². The Kier molecular flexibility index (Phi) is 2.34. The minimum absolute atomic E-state index is 0.693. The standard InChI is InChI=1S/C13H10ClN3/c1-9-5-7-17(16-9)13-4-6-15-12-8-10(14)2-3-11(12)13/h2-8H,1H3. The smallest absolute Gasteiger partial charge is 0.0755 e. The summed E-state index contributed by atoms with van der Waals surface area (Å²) in [6.07, 6.45) is 3.71. The van der Waals surface area contributed by atoms with Gasteiger partial charge in [-0.1, -0.05) is 11.6 Å². The largest absolute Gasteiger partial charge is 0.256 e. The molecule has 0 amide bonds. The van der Waals surface area contributed by atoms with Gasteiger partial charge in [0.1, 0.15) is 0 Å². The monoisotopic (exact) mass is 243 g/mol. The number of aromatic nitrogens is 3. The number of benzene rings is 1. The van der Waals surface area contributed by atoms with Gasteiger partial charge in [-0.05, 0) is 37.3 Å². The van der Waals surface area contributed by atoms with E-state index in [4.69, 9.17) is 11.6 Å². The van der Waals surface area contributed by atoms with Crippen molar-refractivity contribution in [2.24, 2.45) is 0 Å². The number of pyridine rings is 1. The Morgan fingerprint density at radius 1 is 1.18 bits per heavy atom. The van der Waals surface area contributed by atoms with E-state index in [1.54, 1.807) is 6.20 Å². The van der Waals surface area contributed by atoms with Crippen LogP contribution in [0.4, 0.5) is 0 Å². The van der Waals surface area contributed by atoms with Crippen LogP contribution in [-0.4, -0.2) is 14.8 Å². The molecule has 0 bridgehead atoms. The van der Waals surface area contributed by atoms with Crippen LogP contribution in [0.2, 0.25) is 5.02 Å². The van der Waals surface area contributed by atoms with Gasteiger partial charge in [-0.15, -0.1) is 0 Å². The molecule has 0 saturated carbocycles. The molecule has 3 rings (SSSR count). The molecule has 0 N–H and O–H groups in total. The molecule has 0 spiro atoms. The van der Waals surface area contributed by atoms with Crippen LogP contribution in [0.1, 0.15) is 5.69 Å². The number of rotatable bonds is 1. The zero-order valence-electron chi connectivity index (χ0n) is 9.26. The van der Waals surface area contributed by atoms with Crippen LogP contribution in [0.3, 0.4) is 0 Å². The van der Waals surface area contributed by atoms with Crippen LogP contribution in [-0.2, 0) is 0 Å². The fourth-order valence-electron chi connectivity index (χ4n) is 1.86. The maximum atomic E-state index is 5.96. The van der Waals surface area contributed by atoms with Crippen molar-refractivity contribution in [3.8, 4) is 5.69 Å². The third-order valence-corrected chi connectivity index (χ3v) is 2.89. The molecule has 2 heterocycles. The number of hydrogen-bond acceptors (Lipinski definition) is 2. The molecule has 17 heavy (non-hydrogen) atoms. The Morgan fingerprint density at radius 3 is 2.82 bits per heavy atom. The summed E-state index contributed by atoms with van der Waals surface area (Å²) in [5.41, 5.74) is 2.88. The Hall–Kier alpha value is -1.87. The molecule has 3 nitrogen and oxygen atoms in total. The van der Waals surface area contributed by atoms with Crippen molar-refractivity contribution in [1.29, 1.82) is 0 Å². The van der Waals surface area contributed by atoms with E-state index < -0.39 is 0 Å². The summed E-state index contributed by atoms with van der Waals surface area (Å²) < 4.78 is 1.85. The summed E-state index contributed by atoms with van der Waals surface area (Å²) in [7, 11) is 0. The molecule has 1 aromatic carbocycles. The first-order valence-electron chi connectivity index (χ1n) is 5.31. The Bertz CT molecular complexity index is 688. The van der Waals surface area contributed by atoms with Gasteiger partial charge < -0.3 is 0 Å². The van der Waals surface area contributed by atoms with E-state index in [0.29, 0.717) is 5.02 Å². The van der Waals surface area contributed by atoms with E-state index in [9.17, 15) is 0 Å². The van der Waals surface area contributed by atoms with Gasteiger partial charge in [-0.3, -0.25) is 4.98 Å². The van der Waals surface area contributed by atoms with Gasteiger partial charge in [0.2, 0.25) is 0 Å². The summed E-state index contributed by atoms with van der Waals surface area (Å²) in [4.78, 5) is 4.31. The topological polar surface area (TPSA) is 30.7 Å². The first-order chi connectivity index (χ1) is 8.24. The second-order valence-corrected chi connectivity index (χ2v) is 4.33. The van der Waals surface area contributed by atoms with E-state index in [2.05, 4.69) is 10.1 Å². The van der Waals surface area contributed by atoms with Crippen molar-refractivity contribution in [2.75, 3.05) is 0 Å². The lowest BCUT2D eigenvalue weighted by Gasteiger charge is -2.06. The van der Waals surface area contributed by atoms with Gasteiger partial charge in [0, 0.05) is 22.8 Å². The van der Waals surface area contributed by atoms with E-state index in [1.807, 2.05) is 48.1 Å². The van der Waals surface area contributed by atoms with Crippen molar-refractivity contribution in [2.45, 2.75) is 6.92 Å². The van der Waals surface area contributed by atoms with Crippen LogP contribution in [0.15, 0.2) is 42.7 Å². The highest BCUT2D eigenvalue weighted by Gasteiger charge is 2.05. The molecule has 0 radical (unpaired) electrons. The summed E-state index contributed by atoms with van der Waals surface area (Å²) >= 11 is 5.96. The zero-order valence-corrected chi connectivity index (χ0v) is 10.0. The molecular weight excluding hydrogens is 234 g/mol. The Balaban J connectivity index is 2.30. The summed E-state index contributed by atoms with van der Waals surface area (Å²) in [5.74, 6) is 0. The molecule has 3 aromatic rings. The van der Waals surface area contributed by atoms with Crippen molar-refractivity contribution in [1.82, 2.24) is 14.8 Å². The summed E-state index contributed by atoms with van der Waals surface area (Å²) in [5, 5.41) is 6.14. The molecule has 2 aromatic heterocycles. The van der Waals surface area contributed by atoms with Gasteiger partial charge in [0.05, 0.1) is 16.9 Å². The van der Waals surface area contributed by atoms with Crippen LogP contribution in [0.5, 0.6) is 0 Å².